The molecule has 0 amide bonds. The van der Waals surface area contributed by atoms with Gasteiger partial charge in [0.2, 0.25) is 0 Å². The van der Waals surface area contributed by atoms with Crippen molar-refractivity contribution in [1.29, 1.82) is 0 Å². The van der Waals surface area contributed by atoms with Gasteiger partial charge in [0.1, 0.15) is 0 Å². The standard InChI is InChI=1S/C30H32S2/c1-3-5-7-9-11-13-15-23-17-19-25-27(21-23)31-30-26-20-18-24(22-28(26)32-29(25)30)16-14-12-10-8-6-4-2/h17-22H,3-12H2,1-2H3. The first-order valence-electron chi connectivity index (χ1n) is 12.2. The first-order chi connectivity index (χ1) is 15.8. The van der Waals surface area contributed by atoms with Crippen molar-refractivity contribution in [3.63, 3.8) is 0 Å². The lowest BCUT2D eigenvalue weighted by atomic mass is 10.1. The van der Waals surface area contributed by atoms with Crippen LogP contribution in [0.4, 0.5) is 0 Å². The average molecular weight is 457 g/mol. The normalized spacial score (nSPS) is 10.9. The van der Waals surface area contributed by atoms with Gasteiger partial charge in [-0.15, -0.1) is 22.7 Å². The maximum absolute atomic E-state index is 3.38. The smallest absolute Gasteiger partial charge is 0.0542 e. The van der Waals surface area contributed by atoms with Gasteiger partial charge in [-0.25, -0.2) is 0 Å². The Kier molecular flexibility index (Phi) is 8.28. The Morgan fingerprint density at radius 2 is 1.06 bits per heavy atom. The molecule has 0 aliphatic heterocycles. The second kappa shape index (κ2) is 11.6. The van der Waals surface area contributed by atoms with Crippen molar-refractivity contribution in [1.82, 2.24) is 0 Å². The zero-order valence-corrected chi connectivity index (χ0v) is 21.0. The van der Waals surface area contributed by atoms with Gasteiger partial charge in [0, 0.05) is 44.1 Å². The van der Waals surface area contributed by atoms with E-state index in [9.17, 15) is 0 Å². The first-order valence-corrected chi connectivity index (χ1v) is 13.8. The highest BCUT2D eigenvalue weighted by molar-refractivity contribution is 7.36. The van der Waals surface area contributed by atoms with E-state index >= 15 is 0 Å². The lowest BCUT2D eigenvalue weighted by Gasteiger charge is -1.95. The van der Waals surface area contributed by atoms with E-state index in [1.165, 1.54) is 80.9 Å². The summed E-state index contributed by atoms with van der Waals surface area (Å²) >= 11 is 3.81. The van der Waals surface area contributed by atoms with E-state index in [-0.39, 0.29) is 0 Å². The zero-order valence-electron chi connectivity index (χ0n) is 19.4. The fourth-order valence-corrected chi connectivity index (χ4v) is 6.75. The number of hydrogen-bond donors (Lipinski definition) is 0. The quantitative estimate of drug-likeness (QED) is 0.183. The van der Waals surface area contributed by atoms with Crippen LogP contribution in [0.2, 0.25) is 0 Å². The minimum Gasteiger partial charge on any atom is -0.134 e. The highest BCUT2D eigenvalue weighted by Gasteiger charge is 2.12. The van der Waals surface area contributed by atoms with Crippen molar-refractivity contribution in [3.8, 4) is 23.7 Å². The molecular formula is C30H32S2. The third-order valence-electron chi connectivity index (χ3n) is 5.86. The maximum atomic E-state index is 3.38. The fraction of sp³-hybridized carbons (Fsp3) is 0.400. The van der Waals surface area contributed by atoms with Crippen molar-refractivity contribution in [2.45, 2.75) is 78.1 Å². The van der Waals surface area contributed by atoms with Crippen LogP contribution in [0.3, 0.4) is 0 Å². The van der Waals surface area contributed by atoms with Crippen LogP contribution in [0.1, 0.15) is 89.2 Å². The average Bonchev–Trinajstić information content (AvgIpc) is 3.33. The van der Waals surface area contributed by atoms with E-state index in [1.54, 1.807) is 0 Å². The van der Waals surface area contributed by atoms with Gasteiger partial charge in [-0.3, -0.25) is 0 Å². The number of unbranched alkanes of at least 4 members (excludes halogenated alkanes) is 8. The van der Waals surface area contributed by atoms with Gasteiger partial charge in [0.05, 0.1) is 9.40 Å². The lowest BCUT2D eigenvalue weighted by molar-refractivity contribution is 0.679. The molecule has 32 heavy (non-hydrogen) atoms. The third kappa shape index (κ3) is 5.56. The Balaban J connectivity index is 1.51. The summed E-state index contributed by atoms with van der Waals surface area (Å²) < 4.78 is 5.51. The van der Waals surface area contributed by atoms with Crippen LogP contribution in [-0.2, 0) is 0 Å². The molecule has 2 heterocycles. The highest BCUT2D eigenvalue weighted by atomic mass is 32.1. The zero-order chi connectivity index (χ0) is 22.2. The summed E-state index contributed by atoms with van der Waals surface area (Å²) in [7, 11) is 0. The van der Waals surface area contributed by atoms with Crippen LogP contribution in [-0.4, -0.2) is 0 Å². The fourth-order valence-electron chi connectivity index (χ4n) is 4.02. The third-order valence-corrected chi connectivity index (χ3v) is 8.36. The molecule has 0 nitrogen and oxygen atoms in total. The number of hydrogen-bond acceptors (Lipinski definition) is 2. The number of benzene rings is 2. The van der Waals surface area contributed by atoms with E-state index in [0.717, 1.165) is 24.0 Å². The van der Waals surface area contributed by atoms with Crippen molar-refractivity contribution in [3.05, 3.63) is 47.5 Å². The summed E-state index contributed by atoms with van der Waals surface area (Å²) in [5.41, 5.74) is 2.28. The minimum absolute atomic E-state index is 1.01. The highest BCUT2D eigenvalue weighted by Crippen LogP contribution is 2.44. The Bertz CT molecular complexity index is 1210. The largest absolute Gasteiger partial charge is 0.134 e. The van der Waals surface area contributed by atoms with Gasteiger partial charge < -0.3 is 0 Å². The number of fused-ring (bicyclic) bond motifs is 5. The lowest BCUT2D eigenvalue weighted by Crippen LogP contribution is -1.76. The van der Waals surface area contributed by atoms with Crippen LogP contribution in [0.25, 0.3) is 29.6 Å². The molecule has 2 heteroatoms. The van der Waals surface area contributed by atoms with E-state index in [0.29, 0.717) is 0 Å². The van der Waals surface area contributed by atoms with E-state index in [4.69, 9.17) is 0 Å². The van der Waals surface area contributed by atoms with Crippen LogP contribution in [0, 0.1) is 23.7 Å². The summed E-state index contributed by atoms with van der Waals surface area (Å²) in [6.07, 6.45) is 12.2. The molecule has 4 rings (SSSR count). The number of rotatable bonds is 8. The van der Waals surface area contributed by atoms with Gasteiger partial charge in [0.15, 0.2) is 0 Å². The Labute approximate surface area is 201 Å². The van der Waals surface area contributed by atoms with Gasteiger partial charge >= 0.3 is 0 Å². The summed E-state index contributed by atoms with van der Waals surface area (Å²) in [5.74, 6) is 13.5. The molecule has 2 aromatic heterocycles. The summed E-state index contributed by atoms with van der Waals surface area (Å²) in [4.78, 5) is 0. The van der Waals surface area contributed by atoms with Crippen LogP contribution < -0.4 is 0 Å². The second-order valence-corrected chi connectivity index (χ2v) is 10.6. The van der Waals surface area contributed by atoms with E-state index in [1.807, 2.05) is 22.7 Å². The molecule has 0 N–H and O–H groups in total. The molecule has 0 saturated heterocycles. The van der Waals surface area contributed by atoms with Gasteiger partial charge in [0.25, 0.3) is 0 Å². The molecule has 0 bridgehead atoms. The van der Waals surface area contributed by atoms with Crippen LogP contribution in [0.5, 0.6) is 0 Å². The molecule has 0 aliphatic rings. The van der Waals surface area contributed by atoms with Crippen molar-refractivity contribution in [2.75, 3.05) is 0 Å². The Morgan fingerprint density at radius 3 is 1.50 bits per heavy atom. The van der Waals surface area contributed by atoms with Crippen molar-refractivity contribution >= 4 is 52.2 Å². The van der Waals surface area contributed by atoms with Gasteiger partial charge in [-0.05, 0) is 37.1 Å². The number of thiophene rings is 2. The van der Waals surface area contributed by atoms with Crippen LogP contribution >= 0.6 is 22.7 Å². The molecule has 0 aliphatic carbocycles. The SMILES string of the molecule is CCCCCCC#Cc1ccc2c(c1)sc1c3ccc(C#CCCCCCC)cc3sc21. The monoisotopic (exact) mass is 456 g/mol. The topological polar surface area (TPSA) is 0 Å². The van der Waals surface area contributed by atoms with Crippen LogP contribution in [0.15, 0.2) is 36.4 Å². The predicted octanol–water partition coefficient (Wildman–Crippen LogP) is 9.91. The van der Waals surface area contributed by atoms with E-state index < -0.39 is 0 Å². The molecular weight excluding hydrogens is 424 g/mol. The molecule has 0 unspecified atom stereocenters. The van der Waals surface area contributed by atoms with Crippen molar-refractivity contribution in [2.24, 2.45) is 0 Å². The first kappa shape index (κ1) is 22.9. The minimum atomic E-state index is 1.01. The molecule has 0 saturated carbocycles. The molecule has 4 aromatic rings. The molecule has 0 spiro atoms. The Hall–Kier alpha value is -2.26. The second-order valence-electron chi connectivity index (χ2n) is 8.51. The Morgan fingerprint density at radius 1 is 0.594 bits per heavy atom. The molecule has 0 radical (unpaired) electrons. The van der Waals surface area contributed by atoms with E-state index in [2.05, 4.69) is 73.9 Å². The summed E-state index contributed by atoms with van der Waals surface area (Å²) in [6, 6.07) is 13.5. The summed E-state index contributed by atoms with van der Waals surface area (Å²) in [5, 5.41) is 2.73. The maximum Gasteiger partial charge on any atom is 0.0542 e. The molecule has 0 fully saturated rings. The summed E-state index contributed by atoms with van der Waals surface area (Å²) in [6.45, 7) is 4.50. The molecule has 2 aromatic carbocycles. The van der Waals surface area contributed by atoms with Crippen molar-refractivity contribution < 1.29 is 0 Å². The molecule has 164 valence electrons. The van der Waals surface area contributed by atoms with Gasteiger partial charge in [-0.2, -0.15) is 0 Å². The van der Waals surface area contributed by atoms with Gasteiger partial charge in [-0.1, -0.05) is 88.2 Å². The molecule has 0 atom stereocenters. The predicted molar refractivity (Wildman–Crippen MR) is 146 cm³/mol.